The van der Waals surface area contributed by atoms with Crippen LogP contribution in [0.1, 0.15) is 38.5 Å². The number of rotatable bonds is 8. The summed E-state index contributed by atoms with van der Waals surface area (Å²) in [5.74, 6) is -0.144. The van der Waals surface area contributed by atoms with Crippen LogP contribution in [0, 0.1) is 0 Å². The number of nitrogens with two attached hydrogens (primary N) is 1. The van der Waals surface area contributed by atoms with Crippen molar-refractivity contribution in [1.29, 1.82) is 0 Å². The van der Waals surface area contributed by atoms with Gasteiger partial charge < -0.3 is 21.1 Å². The van der Waals surface area contributed by atoms with Gasteiger partial charge in [0.1, 0.15) is 0 Å². The highest BCUT2D eigenvalue weighted by Crippen LogP contribution is 2.29. The zero-order valence-corrected chi connectivity index (χ0v) is 11.7. The lowest BCUT2D eigenvalue weighted by Gasteiger charge is -2.22. The van der Waals surface area contributed by atoms with Crippen LogP contribution in [-0.2, 0) is 14.3 Å². The van der Waals surface area contributed by atoms with Crippen molar-refractivity contribution in [1.82, 2.24) is 10.6 Å². The number of amides is 2. The van der Waals surface area contributed by atoms with Crippen molar-refractivity contribution in [2.24, 2.45) is 5.73 Å². The molecular weight excluding hydrogens is 246 g/mol. The fourth-order valence-corrected chi connectivity index (χ4v) is 2.33. The van der Waals surface area contributed by atoms with Crippen LogP contribution in [-0.4, -0.2) is 44.2 Å². The van der Waals surface area contributed by atoms with Gasteiger partial charge in [0.25, 0.3) is 0 Å². The predicted octanol–water partition coefficient (Wildman–Crippen LogP) is -0.0831. The zero-order chi connectivity index (χ0) is 14.1. The molecule has 0 spiro atoms. The topological polar surface area (TPSA) is 93.5 Å². The molecule has 6 nitrogen and oxygen atoms in total. The van der Waals surface area contributed by atoms with E-state index in [-0.39, 0.29) is 23.8 Å². The van der Waals surface area contributed by atoms with Gasteiger partial charge in [0, 0.05) is 38.6 Å². The fraction of sp³-hybridized carbons (Fsp3) is 0.846. The molecule has 4 N–H and O–H groups in total. The van der Waals surface area contributed by atoms with Gasteiger partial charge in [0.05, 0.1) is 6.61 Å². The lowest BCUT2D eigenvalue weighted by Crippen LogP contribution is -2.42. The average molecular weight is 271 g/mol. The van der Waals surface area contributed by atoms with Gasteiger partial charge in [-0.2, -0.15) is 0 Å². The molecule has 1 aliphatic carbocycles. The highest BCUT2D eigenvalue weighted by molar-refractivity contribution is 5.79. The Bertz CT molecular complexity index is 302. The van der Waals surface area contributed by atoms with Gasteiger partial charge in [-0.25, -0.2) is 0 Å². The van der Waals surface area contributed by atoms with Crippen molar-refractivity contribution >= 4 is 11.8 Å². The van der Waals surface area contributed by atoms with Crippen LogP contribution in [0.4, 0.5) is 0 Å². The van der Waals surface area contributed by atoms with E-state index in [0.717, 1.165) is 25.7 Å². The number of hydrogen-bond acceptors (Lipinski definition) is 4. The third kappa shape index (κ3) is 6.54. The number of carbonyl (C=O) groups is 2. The summed E-state index contributed by atoms with van der Waals surface area (Å²) < 4.78 is 4.82. The van der Waals surface area contributed by atoms with Gasteiger partial charge in [-0.1, -0.05) is 12.8 Å². The second-order valence-corrected chi connectivity index (χ2v) is 5.19. The van der Waals surface area contributed by atoms with Crippen LogP contribution < -0.4 is 16.4 Å². The minimum atomic E-state index is -0.329. The van der Waals surface area contributed by atoms with E-state index in [0.29, 0.717) is 26.1 Å². The quantitative estimate of drug-likeness (QED) is 0.538. The summed E-state index contributed by atoms with van der Waals surface area (Å²) in [6.45, 7) is 1.34. The summed E-state index contributed by atoms with van der Waals surface area (Å²) >= 11 is 0. The zero-order valence-electron chi connectivity index (χ0n) is 11.7. The van der Waals surface area contributed by atoms with E-state index >= 15 is 0 Å². The molecule has 0 aromatic carbocycles. The van der Waals surface area contributed by atoms with Crippen LogP contribution in [0.15, 0.2) is 0 Å². The number of nitrogens with one attached hydrogen (secondary N) is 2. The fourth-order valence-electron chi connectivity index (χ4n) is 2.33. The summed E-state index contributed by atoms with van der Waals surface area (Å²) in [4.78, 5) is 23.1. The molecule has 1 fully saturated rings. The molecule has 19 heavy (non-hydrogen) atoms. The molecule has 1 rings (SSSR count). The maximum absolute atomic E-state index is 11.7. The summed E-state index contributed by atoms with van der Waals surface area (Å²) in [5, 5.41) is 5.44. The molecule has 0 aromatic heterocycles. The van der Waals surface area contributed by atoms with E-state index in [2.05, 4.69) is 10.6 Å². The maximum Gasteiger partial charge on any atom is 0.221 e. The van der Waals surface area contributed by atoms with Gasteiger partial charge in [-0.3, -0.25) is 9.59 Å². The van der Waals surface area contributed by atoms with Crippen molar-refractivity contribution in [3.8, 4) is 0 Å². The van der Waals surface area contributed by atoms with E-state index in [4.69, 9.17) is 10.5 Å². The minimum Gasteiger partial charge on any atom is -0.383 e. The van der Waals surface area contributed by atoms with E-state index in [9.17, 15) is 9.59 Å². The number of carbonyl (C=O) groups excluding carboxylic acids is 2. The van der Waals surface area contributed by atoms with Crippen LogP contribution in [0.3, 0.4) is 0 Å². The molecule has 0 aromatic rings. The Morgan fingerprint density at radius 3 is 2.42 bits per heavy atom. The average Bonchev–Trinajstić information content (AvgIpc) is 2.76. The highest BCUT2D eigenvalue weighted by atomic mass is 16.5. The Morgan fingerprint density at radius 2 is 1.79 bits per heavy atom. The molecule has 0 radical (unpaired) electrons. The van der Waals surface area contributed by atoms with Gasteiger partial charge in [-0.05, 0) is 12.8 Å². The lowest BCUT2D eigenvalue weighted by molar-refractivity contribution is -0.123. The molecule has 0 saturated heterocycles. The first-order valence-electron chi connectivity index (χ1n) is 6.87. The Morgan fingerprint density at radius 1 is 1.16 bits per heavy atom. The van der Waals surface area contributed by atoms with Crippen molar-refractivity contribution < 1.29 is 14.3 Å². The molecular formula is C13H25N3O3. The minimum absolute atomic E-state index is 0.0610. The maximum atomic E-state index is 11.7. The molecule has 0 unspecified atom stereocenters. The van der Waals surface area contributed by atoms with Crippen molar-refractivity contribution in [3.05, 3.63) is 0 Å². The molecule has 110 valence electrons. The summed E-state index contributed by atoms with van der Waals surface area (Å²) in [7, 11) is 1.58. The first-order valence-corrected chi connectivity index (χ1v) is 6.87. The highest BCUT2D eigenvalue weighted by Gasteiger charge is 2.31. The second-order valence-electron chi connectivity index (χ2n) is 5.19. The van der Waals surface area contributed by atoms with E-state index in [1.165, 1.54) is 0 Å². The van der Waals surface area contributed by atoms with Crippen LogP contribution in [0.25, 0.3) is 0 Å². The summed E-state index contributed by atoms with van der Waals surface area (Å²) in [6, 6.07) is 0. The third-order valence-electron chi connectivity index (χ3n) is 3.41. The molecule has 0 atom stereocenters. The lowest BCUT2D eigenvalue weighted by atomic mass is 9.94. The van der Waals surface area contributed by atoms with Gasteiger partial charge in [-0.15, -0.1) is 0 Å². The first-order chi connectivity index (χ1) is 9.06. The molecule has 1 aliphatic rings. The Balaban J connectivity index is 2.08. The van der Waals surface area contributed by atoms with Gasteiger partial charge in [0.15, 0.2) is 0 Å². The second kappa shape index (κ2) is 8.12. The summed E-state index contributed by atoms with van der Waals surface area (Å²) in [6.07, 6.45) is 4.68. The van der Waals surface area contributed by atoms with E-state index < -0.39 is 0 Å². The monoisotopic (exact) mass is 271 g/mol. The molecule has 6 heteroatoms. The number of hydrogen-bond donors (Lipinski definition) is 3. The van der Waals surface area contributed by atoms with Crippen molar-refractivity contribution in [2.45, 2.75) is 44.1 Å². The molecule has 0 aliphatic heterocycles. The van der Waals surface area contributed by atoms with Crippen LogP contribution in [0.2, 0.25) is 0 Å². The smallest absolute Gasteiger partial charge is 0.221 e. The van der Waals surface area contributed by atoms with Crippen LogP contribution >= 0.6 is 0 Å². The predicted molar refractivity (Wildman–Crippen MR) is 72.5 cm³/mol. The van der Waals surface area contributed by atoms with E-state index in [1.807, 2.05) is 0 Å². The normalized spacial score (nSPS) is 17.2. The summed E-state index contributed by atoms with van der Waals surface area (Å²) in [5.41, 5.74) is 5.79. The van der Waals surface area contributed by atoms with Gasteiger partial charge >= 0.3 is 0 Å². The largest absolute Gasteiger partial charge is 0.383 e. The van der Waals surface area contributed by atoms with Crippen molar-refractivity contribution in [2.75, 3.05) is 26.8 Å². The first kappa shape index (κ1) is 15.9. The standard InChI is InChI=1S/C13H25N3O3/c1-19-9-8-16-11(17)4-7-15-12(18)10-13(14)5-2-3-6-13/h2-10,14H2,1H3,(H,15,18)(H,16,17). The Labute approximate surface area is 114 Å². The van der Waals surface area contributed by atoms with Crippen LogP contribution in [0.5, 0.6) is 0 Å². The molecule has 0 heterocycles. The SMILES string of the molecule is COCCNC(=O)CCNC(=O)CC1(N)CCCC1. The molecule has 0 bridgehead atoms. The molecule has 1 saturated carbocycles. The van der Waals surface area contributed by atoms with E-state index in [1.54, 1.807) is 7.11 Å². The van der Waals surface area contributed by atoms with Crippen molar-refractivity contribution in [3.63, 3.8) is 0 Å². The number of methoxy groups -OCH3 is 1. The third-order valence-corrected chi connectivity index (χ3v) is 3.41. The Kier molecular flexibility index (Phi) is 6.80. The number of ether oxygens (including phenoxy) is 1. The molecule has 2 amide bonds. The Hall–Kier alpha value is -1.14. The van der Waals surface area contributed by atoms with Gasteiger partial charge in [0.2, 0.25) is 11.8 Å².